The SMILES string of the molecule is CCCCCCc1ccc2c(c1)N(C)[C@@H](C(C)C)C(=O)N[C@H](CO)C2. The molecule has 1 aromatic carbocycles. The van der Waals surface area contributed by atoms with Crippen molar-refractivity contribution in [2.45, 2.75) is 71.4 Å². The molecule has 1 heterocycles. The van der Waals surface area contributed by atoms with Gasteiger partial charge < -0.3 is 15.3 Å². The maximum Gasteiger partial charge on any atom is 0.243 e. The first-order chi connectivity index (χ1) is 12.0. The minimum Gasteiger partial charge on any atom is -0.394 e. The minimum absolute atomic E-state index is 0.00977. The van der Waals surface area contributed by atoms with Gasteiger partial charge in [-0.3, -0.25) is 4.79 Å². The van der Waals surface area contributed by atoms with E-state index in [1.165, 1.54) is 36.8 Å². The van der Waals surface area contributed by atoms with Crippen LogP contribution in [0.5, 0.6) is 0 Å². The molecule has 1 amide bonds. The van der Waals surface area contributed by atoms with Crippen molar-refractivity contribution in [1.29, 1.82) is 0 Å². The molecule has 0 fully saturated rings. The van der Waals surface area contributed by atoms with Crippen LogP contribution in [0.1, 0.15) is 57.6 Å². The second-order valence-corrected chi connectivity index (χ2v) is 7.67. The van der Waals surface area contributed by atoms with Gasteiger partial charge >= 0.3 is 0 Å². The Morgan fingerprint density at radius 2 is 2.04 bits per heavy atom. The fourth-order valence-corrected chi connectivity index (χ4v) is 3.81. The third kappa shape index (κ3) is 4.97. The van der Waals surface area contributed by atoms with Crippen LogP contribution in [0.3, 0.4) is 0 Å². The smallest absolute Gasteiger partial charge is 0.243 e. The van der Waals surface area contributed by atoms with E-state index >= 15 is 0 Å². The van der Waals surface area contributed by atoms with Gasteiger partial charge in [-0.15, -0.1) is 0 Å². The molecule has 0 aromatic heterocycles. The van der Waals surface area contributed by atoms with Crippen LogP contribution in [0.25, 0.3) is 0 Å². The molecular weight excluding hydrogens is 312 g/mol. The minimum atomic E-state index is -0.219. The number of benzene rings is 1. The maximum atomic E-state index is 12.7. The molecular formula is C21H34N2O2. The van der Waals surface area contributed by atoms with Gasteiger partial charge in [0.1, 0.15) is 6.04 Å². The summed E-state index contributed by atoms with van der Waals surface area (Å²) in [4.78, 5) is 14.8. The summed E-state index contributed by atoms with van der Waals surface area (Å²) in [5.74, 6) is 0.207. The van der Waals surface area contributed by atoms with E-state index in [9.17, 15) is 9.90 Å². The van der Waals surface area contributed by atoms with Crippen molar-refractivity contribution < 1.29 is 9.90 Å². The number of aliphatic hydroxyl groups is 1. The van der Waals surface area contributed by atoms with Crippen molar-refractivity contribution in [2.24, 2.45) is 5.92 Å². The number of carbonyl (C=O) groups is 1. The number of nitrogens with zero attached hydrogens (tertiary/aromatic N) is 1. The van der Waals surface area contributed by atoms with E-state index in [0.29, 0.717) is 6.42 Å². The van der Waals surface area contributed by atoms with Crippen LogP contribution in [0.2, 0.25) is 0 Å². The van der Waals surface area contributed by atoms with Crippen LogP contribution >= 0.6 is 0 Å². The summed E-state index contributed by atoms with van der Waals surface area (Å²) in [7, 11) is 2.02. The first-order valence-corrected chi connectivity index (χ1v) is 9.73. The molecule has 0 unspecified atom stereocenters. The molecule has 0 radical (unpaired) electrons. The number of amides is 1. The lowest BCUT2D eigenvalue weighted by atomic mass is 9.93. The Morgan fingerprint density at radius 3 is 2.68 bits per heavy atom. The first kappa shape index (κ1) is 19.8. The predicted molar refractivity (Wildman–Crippen MR) is 104 cm³/mol. The molecule has 1 aliphatic heterocycles. The number of carbonyl (C=O) groups excluding carboxylic acids is 1. The van der Waals surface area contributed by atoms with Gasteiger partial charge in [-0.1, -0.05) is 52.2 Å². The first-order valence-electron chi connectivity index (χ1n) is 9.73. The zero-order valence-electron chi connectivity index (χ0n) is 16.2. The van der Waals surface area contributed by atoms with Gasteiger partial charge in [0, 0.05) is 12.7 Å². The topological polar surface area (TPSA) is 52.6 Å². The van der Waals surface area contributed by atoms with Crippen molar-refractivity contribution in [3.63, 3.8) is 0 Å². The fourth-order valence-electron chi connectivity index (χ4n) is 3.81. The number of likely N-dealkylation sites (N-methyl/N-ethyl adjacent to an activating group) is 1. The summed E-state index contributed by atoms with van der Waals surface area (Å²) in [6, 6.07) is 6.21. The van der Waals surface area contributed by atoms with Crippen LogP contribution in [0.4, 0.5) is 5.69 Å². The van der Waals surface area contributed by atoms with E-state index in [0.717, 1.165) is 12.1 Å². The lowest BCUT2D eigenvalue weighted by Gasteiger charge is -2.37. The van der Waals surface area contributed by atoms with Gasteiger partial charge in [0.2, 0.25) is 5.91 Å². The van der Waals surface area contributed by atoms with Gasteiger partial charge in [0.15, 0.2) is 0 Å². The number of anilines is 1. The van der Waals surface area contributed by atoms with Gasteiger partial charge in [-0.25, -0.2) is 0 Å². The molecule has 4 nitrogen and oxygen atoms in total. The van der Waals surface area contributed by atoms with E-state index in [1.54, 1.807) is 0 Å². The van der Waals surface area contributed by atoms with Crippen LogP contribution < -0.4 is 10.2 Å². The molecule has 2 N–H and O–H groups in total. The van der Waals surface area contributed by atoms with Gasteiger partial charge in [-0.05, 0) is 42.4 Å². The predicted octanol–water partition coefficient (Wildman–Crippen LogP) is 3.30. The Bertz CT molecular complexity index is 571. The second-order valence-electron chi connectivity index (χ2n) is 7.67. The molecule has 2 rings (SSSR count). The normalized spacial score (nSPS) is 20.9. The van der Waals surface area contributed by atoms with Crippen molar-refractivity contribution in [3.8, 4) is 0 Å². The summed E-state index contributed by atoms with van der Waals surface area (Å²) in [5.41, 5.74) is 3.68. The average molecular weight is 347 g/mol. The van der Waals surface area contributed by atoms with Gasteiger partial charge in [-0.2, -0.15) is 0 Å². The van der Waals surface area contributed by atoms with E-state index in [-0.39, 0.29) is 30.5 Å². The Balaban J connectivity index is 2.29. The Morgan fingerprint density at radius 1 is 1.28 bits per heavy atom. The lowest BCUT2D eigenvalue weighted by molar-refractivity contribution is -0.124. The van der Waals surface area contributed by atoms with E-state index < -0.39 is 0 Å². The fraction of sp³-hybridized carbons (Fsp3) is 0.667. The molecule has 140 valence electrons. The summed E-state index contributed by atoms with van der Waals surface area (Å²) in [5, 5.41) is 12.6. The highest BCUT2D eigenvalue weighted by Gasteiger charge is 2.32. The van der Waals surface area contributed by atoms with E-state index in [4.69, 9.17) is 0 Å². The molecule has 25 heavy (non-hydrogen) atoms. The molecule has 0 aliphatic carbocycles. The highest BCUT2D eigenvalue weighted by molar-refractivity contribution is 5.86. The standard InChI is InChI=1S/C21H34N2O2/c1-5-6-7-8-9-16-10-11-17-13-18(14-24)22-21(25)20(15(2)3)23(4)19(17)12-16/h10-12,15,18,20,24H,5-9,13-14H2,1-4H3,(H,22,25)/t18-,20-/m0/s1. The maximum absolute atomic E-state index is 12.7. The zero-order chi connectivity index (χ0) is 18.4. The van der Waals surface area contributed by atoms with E-state index in [1.807, 2.05) is 7.05 Å². The van der Waals surface area contributed by atoms with Crippen LogP contribution in [0.15, 0.2) is 18.2 Å². The van der Waals surface area contributed by atoms with Crippen LogP contribution in [0, 0.1) is 5.92 Å². The number of unbranched alkanes of at least 4 members (excludes halogenated alkanes) is 3. The van der Waals surface area contributed by atoms with Crippen molar-refractivity contribution in [1.82, 2.24) is 5.32 Å². The molecule has 0 bridgehead atoms. The van der Waals surface area contributed by atoms with Crippen molar-refractivity contribution in [2.75, 3.05) is 18.6 Å². The quantitative estimate of drug-likeness (QED) is 0.745. The second kappa shape index (κ2) is 9.23. The van der Waals surface area contributed by atoms with Gasteiger partial charge in [0.05, 0.1) is 12.6 Å². The number of rotatable bonds is 7. The Hall–Kier alpha value is -1.55. The van der Waals surface area contributed by atoms with Crippen molar-refractivity contribution >= 4 is 11.6 Å². The van der Waals surface area contributed by atoms with Crippen LogP contribution in [-0.2, 0) is 17.6 Å². The number of hydrogen-bond acceptors (Lipinski definition) is 3. The molecule has 1 aromatic rings. The number of nitrogens with one attached hydrogen (secondary N) is 1. The molecule has 1 aliphatic rings. The number of hydrogen-bond donors (Lipinski definition) is 2. The molecule has 0 saturated heterocycles. The van der Waals surface area contributed by atoms with Crippen LogP contribution in [-0.4, -0.2) is 36.8 Å². The number of aryl methyl sites for hydroxylation is 1. The Labute approximate surface area is 152 Å². The largest absolute Gasteiger partial charge is 0.394 e. The summed E-state index contributed by atoms with van der Waals surface area (Å²) in [6.45, 7) is 6.35. The van der Waals surface area contributed by atoms with E-state index in [2.05, 4.69) is 49.2 Å². The number of aliphatic hydroxyl groups excluding tert-OH is 1. The summed E-state index contributed by atoms with van der Waals surface area (Å²) in [6.07, 6.45) is 6.78. The molecule has 0 saturated carbocycles. The third-order valence-corrected chi connectivity index (χ3v) is 5.20. The Kier molecular flexibility index (Phi) is 7.30. The summed E-state index contributed by atoms with van der Waals surface area (Å²) >= 11 is 0. The molecule has 4 heteroatoms. The lowest BCUT2D eigenvalue weighted by Crippen LogP contribution is -2.54. The summed E-state index contributed by atoms with van der Waals surface area (Å²) < 4.78 is 0. The highest BCUT2D eigenvalue weighted by Crippen LogP contribution is 2.29. The number of fused-ring (bicyclic) bond motifs is 1. The van der Waals surface area contributed by atoms with Crippen molar-refractivity contribution in [3.05, 3.63) is 29.3 Å². The van der Waals surface area contributed by atoms with Gasteiger partial charge in [0.25, 0.3) is 0 Å². The third-order valence-electron chi connectivity index (χ3n) is 5.20. The highest BCUT2D eigenvalue weighted by atomic mass is 16.3. The monoisotopic (exact) mass is 346 g/mol. The zero-order valence-corrected chi connectivity index (χ0v) is 16.2. The molecule has 0 spiro atoms. The molecule has 2 atom stereocenters. The average Bonchev–Trinajstić information content (AvgIpc) is 2.57.